The van der Waals surface area contributed by atoms with E-state index in [2.05, 4.69) is 54.6 Å². The molecule has 0 amide bonds. The van der Waals surface area contributed by atoms with Crippen LogP contribution in [0.1, 0.15) is 5.56 Å². The Kier molecular flexibility index (Phi) is 3.74. The van der Waals surface area contributed by atoms with Gasteiger partial charge in [0.2, 0.25) is 0 Å². The van der Waals surface area contributed by atoms with E-state index in [0.29, 0.717) is 0 Å². The first-order valence-corrected chi connectivity index (χ1v) is 6.52. The smallest absolute Gasteiger partial charge is 0.0264 e. The van der Waals surface area contributed by atoms with Gasteiger partial charge in [-0.15, -0.1) is 11.8 Å². The van der Waals surface area contributed by atoms with Gasteiger partial charge >= 0.3 is 0 Å². The fourth-order valence-electron chi connectivity index (χ4n) is 1.70. The first-order valence-electron chi connectivity index (χ1n) is 5.30. The van der Waals surface area contributed by atoms with E-state index in [-0.39, 0.29) is 0 Å². The summed E-state index contributed by atoms with van der Waals surface area (Å²) in [6.07, 6.45) is 2.09. The fourth-order valence-corrected chi connectivity index (χ4v) is 2.32. The Bertz CT molecular complexity index is 561. The summed E-state index contributed by atoms with van der Waals surface area (Å²) in [6, 6.07) is 18.9. The van der Waals surface area contributed by atoms with Crippen molar-refractivity contribution >= 4 is 11.8 Å². The summed E-state index contributed by atoms with van der Waals surface area (Å²) < 4.78 is 0. The predicted octanol–water partition coefficient (Wildman–Crippen LogP) is 3.34. The van der Waals surface area contributed by atoms with Crippen LogP contribution in [0.4, 0.5) is 0 Å². The highest BCUT2D eigenvalue weighted by Gasteiger charge is 2.02. The summed E-state index contributed by atoms with van der Waals surface area (Å²) >= 11 is 1.76. The predicted molar refractivity (Wildman–Crippen MR) is 74.7 cm³/mol. The molecule has 0 radical (unpaired) electrons. The molecule has 0 aliphatic heterocycles. The standard InChI is InChI=1S/C15H13NS/c1-17-15-5-3-2-4-14(15)13-8-6-12(7-9-13)10-11-16/h2-9H,16H2,1H3. The molecule has 2 aromatic rings. The first kappa shape index (κ1) is 11.6. The van der Waals surface area contributed by atoms with Crippen LogP contribution in [-0.2, 0) is 0 Å². The maximum absolute atomic E-state index is 5.19. The second-order valence-corrected chi connectivity index (χ2v) is 4.40. The van der Waals surface area contributed by atoms with Crippen molar-refractivity contribution in [2.45, 2.75) is 4.90 Å². The van der Waals surface area contributed by atoms with Crippen LogP contribution in [0.25, 0.3) is 11.1 Å². The SMILES string of the molecule is CSc1ccccc1-c1ccc(C#CN)cc1. The van der Waals surface area contributed by atoms with Crippen molar-refractivity contribution in [3.63, 3.8) is 0 Å². The molecule has 0 atom stereocenters. The first-order chi connectivity index (χ1) is 8.35. The summed E-state index contributed by atoms with van der Waals surface area (Å²) in [7, 11) is 0. The van der Waals surface area contributed by atoms with Crippen LogP contribution in [0.15, 0.2) is 53.4 Å². The van der Waals surface area contributed by atoms with Crippen molar-refractivity contribution < 1.29 is 0 Å². The summed E-state index contributed by atoms with van der Waals surface area (Å²) in [5, 5.41) is 0. The van der Waals surface area contributed by atoms with Crippen molar-refractivity contribution in [1.29, 1.82) is 0 Å². The van der Waals surface area contributed by atoms with Gasteiger partial charge in [-0.2, -0.15) is 0 Å². The lowest BCUT2D eigenvalue weighted by Gasteiger charge is -2.07. The fraction of sp³-hybridized carbons (Fsp3) is 0.0667. The zero-order valence-corrected chi connectivity index (χ0v) is 10.4. The van der Waals surface area contributed by atoms with Crippen LogP contribution in [0.5, 0.6) is 0 Å². The highest BCUT2D eigenvalue weighted by molar-refractivity contribution is 7.98. The van der Waals surface area contributed by atoms with E-state index in [4.69, 9.17) is 5.73 Å². The van der Waals surface area contributed by atoms with Crippen LogP contribution in [-0.4, -0.2) is 6.26 Å². The lowest BCUT2D eigenvalue weighted by Crippen LogP contribution is -1.83. The Morgan fingerprint density at radius 3 is 2.35 bits per heavy atom. The molecular formula is C15H13NS. The van der Waals surface area contributed by atoms with Crippen molar-refractivity contribution in [3.05, 3.63) is 54.1 Å². The van der Waals surface area contributed by atoms with Crippen LogP contribution in [0.3, 0.4) is 0 Å². The molecule has 2 N–H and O–H groups in total. The summed E-state index contributed by atoms with van der Waals surface area (Å²) in [5.74, 6) is 2.84. The lowest BCUT2D eigenvalue weighted by atomic mass is 10.0. The Morgan fingerprint density at radius 1 is 1.00 bits per heavy atom. The largest absolute Gasteiger partial charge is 0.359 e. The van der Waals surface area contributed by atoms with Gasteiger partial charge < -0.3 is 5.73 Å². The topological polar surface area (TPSA) is 26.0 Å². The van der Waals surface area contributed by atoms with Gasteiger partial charge in [-0.05, 0) is 41.5 Å². The number of hydrogen-bond acceptors (Lipinski definition) is 2. The van der Waals surface area contributed by atoms with Crippen LogP contribution in [0.2, 0.25) is 0 Å². The van der Waals surface area contributed by atoms with Crippen molar-refractivity contribution in [1.82, 2.24) is 0 Å². The van der Waals surface area contributed by atoms with Gasteiger partial charge in [0.05, 0.1) is 0 Å². The Morgan fingerprint density at radius 2 is 1.71 bits per heavy atom. The zero-order valence-electron chi connectivity index (χ0n) is 9.60. The summed E-state index contributed by atoms with van der Waals surface area (Å²) in [4.78, 5) is 1.28. The highest BCUT2D eigenvalue weighted by Crippen LogP contribution is 2.29. The maximum atomic E-state index is 5.19. The summed E-state index contributed by atoms with van der Waals surface area (Å²) in [5.41, 5.74) is 8.60. The molecule has 0 saturated heterocycles. The van der Waals surface area contributed by atoms with Crippen molar-refractivity contribution in [3.8, 4) is 23.1 Å². The average Bonchev–Trinajstić information content (AvgIpc) is 2.40. The highest BCUT2D eigenvalue weighted by atomic mass is 32.2. The molecule has 0 aromatic heterocycles. The minimum atomic E-state index is 0.942. The maximum Gasteiger partial charge on any atom is 0.0264 e. The molecule has 2 heteroatoms. The van der Waals surface area contributed by atoms with Gasteiger partial charge in [-0.1, -0.05) is 30.3 Å². The molecular weight excluding hydrogens is 226 g/mol. The van der Waals surface area contributed by atoms with Gasteiger partial charge in [-0.3, -0.25) is 0 Å². The molecule has 0 aliphatic rings. The normalized spacial score (nSPS) is 9.47. The van der Waals surface area contributed by atoms with Gasteiger partial charge in [-0.25, -0.2) is 0 Å². The van der Waals surface area contributed by atoms with Crippen LogP contribution >= 0.6 is 11.8 Å². The number of nitrogens with two attached hydrogens (primary N) is 1. The van der Waals surface area contributed by atoms with Gasteiger partial charge in [0.1, 0.15) is 0 Å². The van der Waals surface area contributed by atoms with Crippen LogP contribution < -0.4 is 5.73 Å². The molecule has 0 spiro atoms. The monoisotopic (exact) mass is 239 g/mol. The number of benzene rings is 2. The second kappa shape index (κ2) is 5.47. The number of hydrogen-bond donors (Lipinski definition) is 1. The van der Waals surface area contributed by atoms with Crippen LogP contribution in [0, 0.1) is 12.0 Å². The Labute approximate surface area is 106 Å². The molecule has 17 heavy (non-hydrogen) atoms. The number of rotatable bonds is 2. The second-order valence-electron chi connectivity index (χ2n) is 3.55. The molecule has 84 valence electrons. The molecule has 0 heterocycles. The quantitative estimate of drug-likeness (QED) is 0.494. The van der Waals surface area contributed by atoms with Gasteiger partial charge in [0.25, 0.3) is 0 Å². The molecule has 2 aromatic carbocycles. The van der Waals surface area contributed by atoms with Gasteiger partial charge in [0.15, 0.2) is 0 Å². The van der Waals surface area contributed by atoms with Crippen molar-refractivity contribution in [2.75, 3.05) is 6.26 Å². The van der Waals surface area contributed by atoms with E-state index in [9.17, 15) is 0 Å². The zero-order chi connectivity index (χ0) is 12.1. The molecule has 1 nitrogen and oxygen atoms in total. The van der Waals surface area contributed by atoms with E-state index >= 15 is 0 Å². The Balaban J connectivity index is 2.42. The summed E-state index contributed by atoms with van der Waals surface area (Å²) in [6.45, 7) is 0. The van der Waals surface area contributed by atoms with E-state index in [1.54, 1.807) is 11.8 Å². The average molecular weight is 239 g/mol. The minimum absolute atomic E-state index is 0.942. The molecule has 0 unspecified atom stereocenters. The third-order valence-corrected chi connectivity index (χ3v) is 3.32. The molecule has 2 rings (SSSR count). The van der Waals surface area contributed by atoms with E-state index < -0.39 is 0 Å². The molecule has 0 aliphatic carbocycles. The lowest BCUT2D eigenvalue weighted by molar-refractivity contribution is 1.44. The van der Waals surface area contributed by atoms with E-state index in [1.807, 2.05) is 12.1 Å². The van der Waals surface area contributed by atoms with Crippen molar-refractivity contribution in [2.24, 2.45) is 5.73 Å². The molecule has 0 bridgehead atoms. The molecule has 0 saturated carbocycles. The van der Waals surface area contributed by atoms with Gasteiger partial charge in [0, 0.05) is 16.5 Å². The minimum Gasteiger partial charge on any atom is -0.359 e. The Hall–Kier alpha value is -1.85. The third-order valence-electron chi connectivity index (χ3n) is 2.52. The van der Waals surface area contributed by atoms with E-state index in [0.717, 1.165) is 5.56 Å². The number of thioether (sulfide) groups is 1. The van der Waals surface area contributed by atoms with E-state index in [1.165, 1.54) is 16.0 Å². The molecule has 0 fully saturated rings. The third kappa shape index (κ3) is 2.64.